The van der Waals surface area contributed by atoms with Crippen molar-refractivity contribution >= 4 is 5.91 Å². The van der Waals surface area contributed by atoms with E-state index in [-0.39, 0.29) is 12.5 Å². The lowest BCUT2D eigenvalue weighted by Crippen LogP contribution is -2.45. The van der Waals surface area contributed by atoms with E-state index in [0.29, 0.717) is 12.8 Å². The Labute approximate surface area is 373 Å². The Balaban J connectivity index is 3.54. The molecule has 0 radical (unpaired) electrons. The van der Waals surface area contributed by atoms with Crippen LogP contribution in [0.2, 0.25) is 0 Å². The average Bonchev–Trinajstić information content (AvgIpc) is 3.25. The standard InChI is InChI=1S/C56H99NO3/c1-3-5-7-9-11-13-15-17-19-20-21-22-23-24-25-26-27-28-29-30-31-32-33-34-35-36-38-40-42-44-46-48-50-52-56(60)57-54(53-58)55(59)51-49-47-45-43-41-39-37-18-16-14-12-10-8-6-4-2/h5,7,11,13,17,19,21-22,24-25,27-28,30-31,54-55,58-59H,3-4,6,8-10,12,14-16,18,20,23,26,29,32-53H2,1-2H3,(H,57,60)/b7-5-,13-11-,19-17-,22-21-,25-24-,28-27-,31-30-. The predicted molar refractivity (Wildman–Crippen MR) is 267 cm³/mol. The maximum absolute atomic E-state index is 12.5. The van der Waals surface area contributed by atoms with E-state index in [1.54, 1.807) is 0 Å². The van der Waals surface area contributed by atoms with Crippen LogP contribution in [0.5, 0.6) is 0 Å². The number of unbranched alkanes of at least 4 members (excludes halogenated alkanes) is 25. The normalized spacial score (nSPS) is 13.6. The summed E-state index contributed by atoms with van der Waals surface area (Å²) in [6.45, 7) is 4.25. The molecule has 0 heterocycles. The molecule has 0 spiro atoms. The van der Waals surface area contributed by atoms with E-state index in [9.17, 15) is 15.0 Å². The fraction of sp³-hybridized carbons (Fsp3) is 0.732. The quantitative estimate of drug-likeness (QED) is 0.0423. The molecule has 0 bridgehead atoms. The summed E-state index contributed by atoms with van der Waals surface area (Å²) in [6, 6.07) is -0.542. The largest absolute Gasteiger partial charge is 0.394 e. The van der Waals surface area contributed by atoms with Crippen LogP contribution in [0.25, 0.3) is 0 Å². The van der Waals surface area contributed by atoms with E-state index in [1.165, 1.54) is 148 Å². The van der Waals surface area contributed by atoms with Gasteiger partial charge in [0.25, 0.3) is 0 Å². The fourth-order valence-electron chi connectivity index (χ4n) is 7.52. The van der Waals surface area contributed by atoms with Gasteiger partial charge in [-0.2, -0.15) is 0 Å². The van der Waals surface area contributed by atoms with Gasteiger partial charge in [0.1, 0.15) is 0 Å². The molecule has 0 aliphatic heterocycles. The fourth-order valence-corrected chi connectivity index (χ4v) is 7.52. The van der Waals surface area contributed by atoms with E-state index in [2.05, 4.69) is 104 Å². The molecule has 346 valence electrons. The van der Waals surface area contributed by atoms with Crippen LogP contribution in [-0.4, -0.2) is 34.9 Å². The molecule has 60 heavy (non-hydrogen) atoms. The van der Waals surface area contributed by atoms with Crippen LogP contribution in [0, 0.1) is 0 Å². The van der Waals surface area contributed by atoms with Crippen LogP contribution in [0.15, 0.2) is 85.1 Å². The number of nitrogens with one attached hydrogen (secondary N) is 1. The zero-order chi connectivity index (χ0) is 43.5. The van der Waals surface area contributed by atoms with Gasteiger partial charge >= 0.3 is 0 Å². The van der Waals surface area contributed by atoms with Gasteiger partial charge in [-0.25, -0.2) is 0 Å². The molecule has 0 aliphatic rings. The number of aliphatic hydroxyl groups is 2. The maximum Gasteiger partial charge on any atom is 0.220 e. The van der Waals surface area contributed by atoms with Crippen molar-refractivity contribution in [2.45, 2.75) is 257 Å². The van der Waals surface area contributed by atoms with Crippen LogP contribution < -0.4 is 5.32 Å². The minimum atomic E-state index is -0.664. The molecule has 3 N–H and O–H groups in total. The Morgan fingerprint density at radius 1 is 0.417 bits per heavy atom. The monoisotopic (exact) mass is 834 g/mol. The highest BCUT2D eigenvalue weighted by Gasteiger charge is 2.20. The third-order valence-electron chi connectivity index (χ3n) is 11.4. The summed E-state index contributed by atoms with van der Waals surface area (Å²) in [5.74, 6) is -0.0371. The van der Waals surface area contributed by atoms with Gasteiger partial charge in [-0.05, 0) is 70.6 Å². The lowest BCUT2D eigenvalue weighted by atomic mass is 10.0. The number of hydrogen-bond acceptors (Lipinski definition) is 3. The van der Waals surface area contributed by atoms with Crippen molar-refractivity contribution in [2.75, 3.05) is 6.61 Å². The molecule has 0 aromatic heterocycles. The number of allylic oxidation sites excluding steroid dienone is 14. The van der Waals surface area contributed by atoms with Crippen molar-refractivity contribution in [3.63, 3.8) is 0 Å². The zero-order valence-electron chi connectivity index (χ0n) is 39.7. The zero-order valence-corrected chi connectivity index (χ0v) is 39.7. The van der Waals surface area contributed by atoms with E-state index in [4.69, 9.17) is 0 Å². The molecule has 0 aliphatic carbocycles. The Hall–Kier alpha value is -2.43. The third kappa shape index (κ3) is 46.6. The molecule has 0 rings (SSSR count). The van der Waals surface area contributed by atoms with Gasteiger partial charge in [-0.15, -0.1) is 0 Å². The first-order chi connectivity index (χ1) is 29.7. The van der Waals surface area contributed by atoms with E-state index < -0.39 is 12.1 Å². The van der Waals surface area contributed by atoms with Crippen LogP contribution in [-0.2, 0) is 4.79 Å². The molecule has 4 heteroatoms. The molecular weight excluding hydrogens is 735 g/mol. The lowest BCUT2D eigenvalue weighted by Gasteiger charge is -2.22. The molecule has 0 fully saturated rings. The molecule has 0 saturated carbocycles. The van der Waals surface area contributed by atoms with Gasteiger partial charge in [-0.1, -0.05) is 253 Å². The van der Waals surface area contributed by atoms with Gasteiger partial charge in [0.2, 0.25) is 5.91 Å². The maximum atomic E-state index is 12.5. The average molecular weight is 834 g/mol. The van der Waals surface area contributed by atoms with Gasteiger partial charge in [0, 0.05) is 6.42 Å². The number of rotatable bonds is 46. The first-order valence-corrected chi connectivity index (χ1v) is 25.8. The molecule has 0 saturated heterocycles. The Kier molecular flexibility index (Phi) is 48.9. The summed E-state index contributed by atoms with van der Waals surface area (Å²) in [6.07, 6.45) is 74.0. The summed E-state index contributed by atoms with van der Waals surface area (Å²) >= 11 is 0. The van der Waals surface area contributed by atoms with Crippen molar-refractivity contribution in [1.29, 1.82) is 0 Å². The topological polar surface area (TPSA) is 69.6 Å². The molecular formula is C56H99NO3. The number of amides is 1. The van der Waals surface area contributed by atoms with Crippen LogP contribution >= 0.6 is 0 Å². The van der Waals surface area contributed by atoms with Gasteiger partial charge in [0.15, 0.2) is 0 Å². The van der Waals surface area contributed by atoms with Crippen molar-refractivity contribution < 1.29 is 15.0 Å². The van der Waals surface area contributed by atoms with Crippen LogP contribution in [0.4, 0.5) is 0 Å². The van der Waals surface area contributed by atoms with E-state index in [0.717, 1.165) is 70.6 Å². The second-order valence-electron chi connectivity index (χ2n) is 17.2. The first-order valence-electron chi connectivity index (χ1n) is 25.8. The summed E-state index contributed by atoms with van der Waals surface area (Å²) in [5, 5.41) is 23.2. The van der Waals surface area contributed by atoms with Crippen molar-refractivity contribution in [2.24, 2.45) is 0 Å². The number of carbonyl (C=O) groups excluding carboxylic acids is 1. The molecule has 2 unspecified atom stereocenters. The molecule has 4 nitrogen and oxygen atoms in total. The highest BCUT2D eigenvalue weighted by Crippen LogP contribution is 2.16. The molecule has 0 aromatic rings. The minimum Gasteiger partial charge on any atom is -0.394 e. The highest BCUT2D eigenvalue weighted by atomic mass is 16.3. The third-order valence-corrected chi connectivity index (χ3v) is 11.4. The SMILES string of the molecule is CC/C=C\C/C=C\C/C=C\C/C=C\C/C=C\C/C=C\C/C=C\CCCCCCCCCCCCCC(=O)NC(CO)C(O)CCCCCCCCCCCCCCCCC. The summed E-state index contributed by atoms with van der Waals surface area (Å²) in [4.78, 5) is 12.5. The summed E-state index contributed by atoms with van der Waals surface area (Å²) < 4.78 is 0. The Morgan fingerprint density at radius 2 is 0.733 bits per heavy atom. The predicted octanol–water partition coefficient (Wildman–Crippen LogP) is 16.8. The smallest absolute Gasteiger partial charge is 0.220 e. The Morgan fingerprint density at radius 3 is 1.10 bits per heavy atom. The number of carbonyl (C=O) groups is 1. The first kappa shape index (κ1) is 57.6. The van der Waals surface area contributed by atoms with Gasteiger partial charge in [0.05, 0.1) is 18.8 Å². The van der Waals surface area contributed by atoms with Gasteiger partial charge in [-0.3, -0.25) is 4.79 Å². The molecule has 0 aromatic carbocycles. The van der Waals surface area contributed by atoms with E-state index in [1.807, 2.05) is 0 Å². The summed E-state index contributed by atoms with van der Waals surface area (Å²) in [5.41, 5.74) is 0. The van der Waals surface area contributed by atoms with Crippen molar-refractivity contribution in [3.8, 4) is 0 Å². The van der Waals surface area contributed by atoms with Crippen LogP contribution in [0.1, 0.15) is 245 Å². The second kappa shape index (κ2) is 50.9. The molecule has 1 amide bonds. The second-order valence-corrected chi connectivity index (χ2v) is 17.2. The van der Waals surface area contributed by atoms with Crippen molar-refractivity contribution in [3.05, 3.63) is 85.1 Å². The van der Waals surface area contributed by atoms with Gasteiger partial charge < -0.3 is 15.5 Å². The summed E-state index contributed by atoms with van der Waals surface area (Å²) in [7, 11) is 0. The minimum absolute atomic E-state index is 0.0371. The lowest BCUT2D eigenvalue weighted by molar-refractivity contribution is -0.123. The number of hydrogen-bond donors (Lipinski definition) is 3. The molecule has 2 atom stereocenters. The van der Waals surface area contributed by atoms with E-state index >= 15 is 0 Å². The highest BCUT2D eigenvalue weighted by molar-refractivity contribution is 5.76. The Bertz CT molecular complexity index is 1080. The van der Waals surface area contributed by atoms with Crippen LogP contribution in [0.3, 0.4) is 0 Å². The van der Waals surface area contributed by atoms with Crippen molar-refractivity contribution in [1.82, 2.24) is 5.32 Å². The number of aliphatic hydroxyl groups excluding tert-OH is 2.